The number of nitrogens with two attached hydrogens (primary N) is 1. The maximum absolute atomic E-state index is 11.8. The summed E-state index contributed by atoms with van der Waals surface area (Å²) in [5.74, 6) is 0. The lowest BCUT2D eigenvalue weighted by Crippen LogP contribution is -2.27. The lowest BCUT2D eigenvalue weighted by atomic mass is 9.81. The molecule has 0 aliphatic rings. The number of amides is 1. The van der Waals surface area contributed by atoms with Crippen molar-refractivity contribution in [3.63, 3.8) is 0 Å². The molecule has 0 unspecified atom stereocenters. The van der Waals surface area contributed by atoms with E-state index < -0.39 is 11.7 Å². The van der Waals surface area contributed by atoms with Crippen LogP contribution in [0.3, 0.4) is 0 Å². The molecule has 1 amide bonds. The van der Waals surface area contributed by atoms with Gasteiger partial charge in [-0.15, -0.1) is 0 Å². The number of hydrogen-bond acceptors (Lipinski definition) is 3. The molecule has 112 valence electrons. The van der Waals surface area contributed by atoms with E-state index in [-0.39, 0.29) is 5.41 Å². The third-order valence-corrected chi connectivity index (χ3v) is 3.06. The van der Waals surface area contributed by atoms with E-state index >= 15 is 0 Å². The second-order valence-corrected chi connectivity index (χ2v) is 6.63. The molecule has 20 heavy (non-hydrogen) atoms. The second-order valence-electron chi connectivity index (χ2n) is 6.63. The number of carbonyl (C=O) groups excluding carboxylic acids is 1. The van der Waals surface area contributed by atoms with Gasteiger partial charge in [-0.25, -0.2) is 4.79 Å². The van der Waals surface area contributed by atoms with Crippen LogP contribution in [0.15, 0.2) is 24.3 Å². The van der Waals surface area contributed by atoms with Crippen LogP contribution in [-0.4, -0.2) is 18.2 Å². The van der Waals surface area contributed by atoms with Gasteiger partial charge in [0, 0.05) is 5.69 Å². The topological polar surface area (TPSA) is 64.3 Å². The zero-order valence-electron chi connectivity index (χ0n) is 13.1. The molecule has 4 heteroatoms. The summed E-state index contributed by atoms with van der Waals surface area (Å²) in [5, 5.41) is 2.76. The van der Waals surface area contributed by atoms with E-state index in [1.54, 1.807) is 0 Å². The Labute approximate surface area is 121 Å². The van der Waals surface area contributed by atoms with E-state index in [9.17, 15) is 4.79 Å². The average molecular weight is 278 g/mol. The molecule has 0 saturated carbocycles. The molecule has 0 spiro atoms. The van der Waals surface area contributed by atoms with Gasteiger partial charge in [0.2, 0.25) is 0 Å². The van der Waals surface area contributed by atoms with E-state index in [0.29, 0.717) is 6.54 Å². The van der Waals surface area contributed by atoms with Crippen molar-refractivity contribution in [2.75, 3.05) is 11.9 Å². The summed E-state index contributed by atoms with van der Waals surface area (Å²) in [6, 6.07) is 7.81. The molecule has 0 aliphatic carbocycles. The fourth-order valence-corrected chi connectivity index (χ4v) is 1.94. The van der Waals surface area contributed by atoms with Crippen molar-refractivity contribution in [2.45, 2.75) is 52.1 Å². The summed E-state index contributed by atoms with van der Waals surface area (Å²) < 4.78 is 5.24. The number of anilines is 1. The predicted octanol–water partition coefficient (Wildman–Crippen LogP) is 3.66. The van der Waals surface area contributed by atoms with Crippen molar-refractivity contribution in [2.24, 2.45) is 5.73 Å². The lowest BCUT2D eigenvalue weighted by molar-refractivity contribution is 0.0636. The Kier molecular flexibility index (Phi) is 5.17. The number of rotatable bonds is 4. The second kappa shape index (κ2) is 6.27. The first-order chi connectivity index (χ1) is 9.14. The Balaban J connectivity index is 2.81. The third-order valence-electron chi connectivity index (χ3n) is 3.06. The highest BCUT2D eigenvalue weighted by Crippen LogP contribution is 2.28. The molecule has 0 atom stereocenters. The molecule has 1 rings (SSSR count). The summed E-state index contributed by atoms with van der Waals surface area (Å²) in [6.07, 6.45) is 0.453. The Morgan fingerprint density at radius 1 is 1.25 bits per heavy atom. The monoisotopic (exact) mass is 278 g/mol. The first-order valence-corrected chi connectivity index (χ1v) is 6.95. The maximum Gasteiger partial charge on any atom is 0.412 e. The van der Waals surface area contributed by atoms with Crippen LogP contribution in [0.4, 0.5) is 10.5 Å². The minimum atomic E-state index is -0.499. The molecule has 1 aromatic carbocycles. The van der Waals surface area contributed by atoms with Crippen LogP contribution in [0.1, 0.15) is 46.6 Å². The molecule has 0 fully saturated rings. The fraction of sp³-hybridized carbons (Fsp3) is 0.562. The number of ether oxygens (including phenoxy) is 1. The van der Waals surface area contributed by atoms with E-state index in [0.717, 1.165) is 17.7 Å². The van der Waals surface area contributed by atoms with Gasteiger partial charge >= 0.3 is 6.09 Å². The van der Waals surface area contributed by atoms with Gasteiger partial charge in [0.25, 0.3) is 0 Å². The van der Waals surface area contributed by atoms with Crippen molar-refractivity contribution in [1.29, 1.82) is 0 Å². The van der Waals surface area contributed by atoms with E-state index in [1.165, 1.54) is 0 Å². The quantitative estimate of drug-likeness (QED) is 0.883. The normalized spacial score (nSPS) is 12.1. The van der Waals surface area contributed by atoms with Crippen LogP contribution in [0.5, 0.6) is 0 Å². The van der Waals surface area contributed by atoms with Gasteiger partial charge < -0.3 is 10.5 Å². The molecule has 0 aromatic heterocycles. The zero-order valence-corrected chi connectivity index (χ0v) is 13.1. The summed E-state index contributed by atoms with van der Waals surface area (Å²) in [7, 11) is 0. The minimum absolute atomic E-state index is 0.0135. The van der Waals surface area contributed by atoms with Gasteiger partial charge in [-0.05, 0) is 56.8 Å². The smallest absolute Gasteiger partial charge is 0.412 e. The molecule has 3 N–H and O–H groups in total. The van der Waals surface area contributed by atoms with Crippen LogP contribution >= 0.6 is 0 Å². The highest BCUT2D eigenvalue weighted by atomic mass is 16.6. The van der Waals surface area contributed by atoms with Crippen LogP contribution in [-0.2, 0) is 10.2 Å². The molecular formula is C16H26N2O2. The zero-order chi connectivity index (χ0) is 15.4. The van der Waals surface area contributed by atoms with Crippen molar-refractivity contribution in [1.82, 2.24) is 0 Å². The van der Waals surface area contributed by atoms with Crippen molar-refractivity contribution < 1.29 is 9.53 Å². The number of nitrogens with one attached hydrogen (secondary N) is 1. The summed E-state index contributed by atoms with van der Waals surface area (Å²) in [5.41, 5.74) is 7.02. The summed E-state index contributed by atoms with van der Waals surface area (Å²) in [4.78, 5) is 11.8. The summed E-state index contributed by atoms with van der Waals surface area (Å²) in [6.45, 7) is 10.4. The minimum Gasteiger partial charge on any atom is -0.444 e. The third kappa shape index (κ3) is 5.21. The standard InChI is InChI=1S/C16H26N2O2/c1-15(2,3)20-14(19)18-13-8-6-7-12(11-13)16(4,5)9-10-17/h6-8,11H,9-10,17H2,1-5H3,(H,18,19). The Bertz CT molecular complexity index is 462. The molecule has 1 aromatic rings. The van der Waals surface area contributed by atoms with Crippen LogP contribution in [0.2, 0.25) is 0 Å². The van der Waals surface area contributed by atoms with Gasteiger partial charge in [-0.1, -0.05) is 26.0 Å². The van der Waals surface area contributed by atoms with Gasteiger partial charge in [0.05, 0.1) is 0 Å². The molecule has 0 saturated heterocycles. The molecule has 4 nitrogen and oxygen atoms in total. The summed E-state index contributed by atoms with van der Waals surface area (Å²) >= 11 is 0. The van der Waals surface area contributed by atoms with Gasteiger partial charge in [0.1, 0.15) is 5.60 Å². The molecular weight excluding hydrogens is 252 g/mol. The molecule has 0 aliphatic heterocycles. The Morgan fingerprint density at radius 3 is 2.45 bits per heavy atom. The Morgan fingerprint density at radius 2 is 1.90 bits per heavy atom. The number of benzene rings is 1. The average Bonchev–Trinajstić information content (AvgIpc) is 2.26. The molecule has 0 bridgehead atoms. The van der Waals surface area contributed by atoms with E-state index in [1.807, 2.05) is 39.0 Å². The highest BCUT2D eigenvalue weighted by Gasteiger charge is 2.20. The van der Waals surface area contributed by atoms with Gasteiger partial charge in [-0.3, -0.25) is 5.32 Å². The number of hydrogen-bond donors (Lipinski definition) is 2. The van der Waals surface area contributed by atoms with Crippen molar-refractivity contribution in [3.8, 4) is 0 Å². The van der Waals surface area contributed by atoms with Gasteiger partial charge in [0.15, 0.2) is 0 Å². The SMILES string of the molecule is CC(C)(C)OC(=O)Nc1cccc(C(C)(C)CCN)c1. The first-order valence-electron chi connectivity index (χ1n) is 6.95. The first kappa shape index (κ1) is 16.5. The largest absolute Gasteiger partial charge is 0.444 e. The van der Waals surface area contributed by atoms with Crippen molar-refractivity contribution >= 4 is 11.8 Å². The van der Waals surface area contributed by atoms with Crippen LogP contribution < -0.4 is 11.1 Å². The fourth-order valence-electron chi connectivity index (χ4n) is 1.94. The van der Waals surface area contributed by atoms with Crippen LogP contribution in [0, 0.1) is 0 Å². The highest BCUT2D eigenvalue weighted by molar-refractivity contribution is 5.85. The van der Waals surface area contributed by atoms with E-state index in [2.05, 4.69) is 25.2 Å². The maximum atomic E-state index is 11.8. The lowest BCUT2D eigenvalue weighted by Gasteiger charge is -2.25. The predicted molar refractivity (Wildman–Crippen MR) is 83.0 cm³/mol. The molecule has 0 heterocycles. The van der Waals surface area contributed by atoms with Crippen molar-refractivity contribution in [3.05, 3.63) is 29.8 Å². The Hall–Kier alpha value is -1.55. The number of carbonyl (C=O) groups is 1. The van der Waals surface area contributed by atoms with Crippen LogP contribution in [0.25, 0.3) is 0 Å². The van der Waals surface area contributed by atoms with E-state index in [4.69, 9.17) is 10.5 Å². The van der Waals surface area contributed by atoms with Gasteiger partial charge in [-0.2, -0.15) is 0 Å². The molecule has 0 radical (unpaired) electrons.